The fourth-order valence-corrected chi connectivity index (χ4v) is 2.03. The van der Waals surface area contributed by atoms with Crippen LogP contribution in [0.4, 0.5) is 5.69 Å². The van der Waals surface area contributed by atoms with Crippen LogP contribution in [0.3, 0.4) is 0 Å². The van der Waals surface area contributed by atoms with Crippen LogP contribution in [0, 0.1) is 0 Å². The molecule has 0 spiro atoms. The van der Waals surface area contributed by atoms with E-state index in [9.17, 15) is 9.35 Å². The maximum Gasteiger partial charge on any atom is 0.275 e. The molecule has 5 heteroatoms. The van der Waals surface area contributed by atoms with Crippen LogP contribution < -0.4 is 5.32 Å². The van der Waals surface area contributed by atoms with Gasteiger partial charge in [-0.2, -0.15) is 0 Å². The highest BCUT2D eigenvalue weighted by Crippen LogP contribution is 2.22. The number of carbonyl (C=O) groups excluding carboxylic acids is 1. The van der Waals surface area contributed by atoms with Crippen molar-refractivity contribution in [2.75, 3.05) is 11.1 Å². The molecule has 1 atom stereocenters. The molecule has 0 fully saturated rings. The standard InChI is InChI=1S/C7H6N2O2S/c10-6-4-12(11)7-5(9-6)2-1-3-8-7/h1-3H,4H2,(H,9,10). The molecule has 1 aromatic rings. The summed E-state index contributed by atoms with van der Waals surface area (Å²) in [6.07, 6.45) is 1.56. The van der Waals surface area contributed by atoms with Crippen LogP contribution in [0.1, 0.15) is 0 Å². The number of nitrogens with one attached hydrogen (secondary N) is 1. The van der Waals surface area contributed by atoms with Crippen LogP contribution in [0.2, 0.25) is 0 Å². The van der Waals surface area contributed by atoms with Crippen LogP contribution in [-0.2, 0) is 16.0 Å². The van der Waals surface area contributed by atoms with Gasteiger partial charge < -0.3 is 9.87 Å². The number of pyridine rings is 1. The number of anilines is 1. The van der Waals surface area contributed by atoms with Crippen molar-refractivity contribution in [3.63, 3.8) is 0 Å². The highest BCUT2D eigenvalue weighted by atomic mass is 32.2. The zero-order chi connectivity index (χ0) is 8.55. The minimum atomic E-state index is -1.27. The predicted octanol–water partition coefficient (Wildman–Crippen LogP) is 0.141. The Morgan fingerprint density at radius 2 is 2.50 bits per heavy atom. The first-order chi connectivity index (χ1) is 5.77. The van der Waals surface area contributed by atoms with E-state index in [1.165, 1.54) is 0 Å². The second-order valence-corrected chi connectivity index (χ2v) is 3.76. The molecular weight excluding hydrogens is 176 g/mol. The van der Waals surface area contributed by atoms with Crippen molar-refractivity contribution >= 4 is 22.8 Å². The number of hydrogen-bond acceptors (Lipinski definition) is 3. The normalized spacial score (nSPS) is 21.4. The van der Waals surface area contributed by atoms with E-state index in [1.807, 2.05) is 0 Å². The van der Waals surface area contributed by atoms with E-state index in [0.717, 1.165) is 0 Å². The molecule has 4 nitrogen and oxygen atoms in total. The summed E-state index contributed by atoms with van der Waals surface area (Å²) in [6, 6.07) is 3.39. The number of nitrogens with zero attached hydrogens (tertiary/aromatic N) is 1. The average molecular weight is 182 g/mol. The molecule has 0 bridgehead atoms. The topological polar surface area (TPSA) is 65.0 Å². The lowest BCUT2D eigenvalue weighted by Crippen LogP contribution is -2.29. The minimum Gasteiger partial charge on any atom is -0.610 e. The molecule has 0 radical (unpaired) electrons. The Balaban J connectivity index is 2.47. The first-order valence-electron chi connectivity index (χ1n) is 3.40. The Kier molecular flexibility index (Phi) is 1.74. The molecular formula is C7H6N2O2S. The van der Waals surface area contributed by atoms with E-state index in [4.69, 9.17) is 0 Å². The highest BCUT2D eigenvalue weighted by molar-refractivity contribution is 7.92. The highest BCUT2D eigenvalue weighted by Gasteiger charge is 2.27. The smallest absolute Gasteiger partial charge is 0.275 e. The number of hydrogen-bond donors (Lipinski definition) is 1. The quantitative estimate of drug-likeness (QED) is 0.580. The molecule has 1 aliphatic heterocycles. The van der Waals surface area contributed by atoms with Gasteiger partial charge in [-0.1, -0.05) is 0 Å². The van der Waals surface area contributed by atoms with E-state index >= 15 is 0 Å². The summed E-state index contributed by atoms with van der Waals surface area (Å²) >= 11 is -1.27. The molecule has 0 saturated carbocycles. The van der Waals surface area contributed by atoms with Gasteiger partial charge in [-0.25, -0.2) is 4.98 Å². The summed E-state index contributed by atoms with van der Waals surface area (Å²) in [5.41, 5.74) is 0.562. The van der Waals surface area contributed by atoms with Gasteiger partial charge in [-0.05, 0) is 12.1 Å². The molecule has 0 aliphatic carbocycles. The van der Waals surface area contributed by atoms with Crippen LogP contribution in [0.25, 0.3) is 0 Å². The van der Waals surface area contributed by atoms with Crippen LogP contribution in [0.15, 0.2) is 23.4 Å². The summed E-state index contributed by atoms with van der Waals surface area (Å²) in [6.45, 7) is 0. The maximum absolute atomic E-state index is 11.3. The monoisotopic (exact) mass is 182 g/mol. The van der Waals surface area contributed by atoms with Crippen LogP contribution in [-0.4, -0.2) is 21.2 Å². The Bertz CT molecular complexity index is 329. The molecule has 2 heterocycles. The van der Waals surface area contributed by atoms with E-state index in [0.29, 0.717) is 10.7 Å². The Labute approximate surface area is 72.2 Å². The fourth-order valence-electron chi connectivity index (χ4n) is 1.04. The number of aromatic nitrogens is 1. The lowest BCUT2D eigenvalue weighted by Gasteiger charge is -2.17. The van der Waals surface area contributed by atoms with Crippen LogP contribution in [0.5, 0.6) is 0 Å². The van der Waals surface area contributed by atoms with E-state index in [-0.39, 0.29) is 11.7 Å². The number of rotatable bonds is 0. The molecule has 2 rings (SSSR count). The third-order valence-corrected chi connectivity index (χ3v) is 2.80. The third-order valence-electron chi connectivity index (χ3n) is 1.52. The summed E-state index contributed by atoms with van der Waals surface area (Å²) in [4.78, 5) is 14.8. The Morgan fingerprint density at radius 1 is 1.67 bits per heavy atom. The van der Waals surface area contributed by atoms with Crippen molar-refractivity contribution in [3.8, 4) is 0 Å². The van der Waals surface area contributed by atoms with E-state index in [2.05, 4.69) is 10.3 Å². The second kappa shape index (κ2) is 2.76. The molecule has 1 N–H and O–H groups in total. The molecule has 1 unspecified atom stereocenters. The van der Waals surface area contributed by atoms with Gasteiger partial charge in [0.25, 0.3) is 10.9 Å². The summed E-state index contributed by atoms with van der Waals surface area (Å²) in [5.74, 6) is -0.196. The molecule has 1 amide bonds. The lowest BCUT2D eigenvalue weighted by atomic mass is 10.4. The van der Waals surface area contributed by atoms with Crippen molar-refractivity contribution in [1.82, 2.24) is 4.98 Å². The number of fused-ring (bicyclic) bond motifs is 1. The van der Waals surface area contributed by atoms with Crippen molar-refractivity contribution in [2.24, 2.45) is 0 Å². The van der Waals surface area contributed by atoms with Gasteiger partial charge >= 0.3 is 0 Å². The molecule has 62 valence electrons. The largest absolute Gasteiger partial charge is 0.610 e. The van der Waals surface area contributed by atoms with Gasteiger partial charge in [-0.15, -0.1) is 0 Å². The molecule has 12 heavy (non-hydrogen) atoms. The Hall–Kier alpha value is -1.07. The summed E-state index contributed by atoms with van der Waals surface area (Å²) in [7, 11) is 0. The zero-order valence-corrected chi connectivity index (χ0v) is 6.93. The van der Waals surface area contributed by atoms with Gasteiger partial charge in [0, 0.05) is 17.4 Å². The molecule has 0 saturated heterocycles. The Morgan fingerprint density at radius 3 is 3.33 bits per heavy atom. The van der Waals surface area contributed by atoms with Gasteiger partial charge in [0.05, 0.1) is 0 Å². The second-order valence-electron chi connectivity index (χ2n) is 2.39. The number of carbonyl (C=O) groups is 1. The summed E-state index contributed by atoms with van der Waals surface area (Å²) in [5, 5.41) is 3.07. The fraction of sp³-hybridized carbons (Fsp3) is 0.143. The van der Waals surface area contributed by atoms with Crippen molar-refractivity contribution in [2.45, 2.75) is 5.03 Å². The minimum absolute atomic E-state index is 0.0179. The van der Waals surface area contributed by atoms with Crippen molar-refractivity contribution in [3.05, 3.63) is 18.3 Å². The van der Waals surface area contributed by atoms with E-state index < -0.39 is 11.2 Å². The SMILES string of the molecule is O=C1C[S+]([O-])c2ncccc2N1. The zero-order valence-electron chi connectivity index (χ0n) is 6.11. The van der Waals surface area contributed by atoms with Gasteiger partial charge in [-0.3, -0.25) is 4.79 Å². The van der Waals surface area contributed by atoms with E-state index in [1.54, 1.807) is 18.3 Å². The van der Waals surface area contributed by atoms with Crippen LogP contribution >= 0.6 is 0 Å². The van der Waals surface area contributed by atoms with Crippen molar-refractivity contribution < 1.29 is 9.35 Å². The molecule has 1 aromatic heterocycles. The first-order valence-corrected chi connectivity index (χ1v) is 4.72. The van der Waals surface area contributed by atoms with Gasteiger partial charge in [0.15, 0.2) is 5.75 Å². The van der Waals surface area contributed by atoms with Gasteiger partial charge in [0.2, 0.25) is 0 Å². The summed E-state index contributed by atoms with van der Waals surface area (Å²) < 4.78 is 11.3. The third kappa shape index (κ3) is 1.17. The molecule has 0 aromatic carbocycles. The van der Waals surface area contributed by atoms with Gasteiger partial charge in [0.1, 0.15) is 5.69 Å². The van der Waals surface area contributed by atoms with Crippen molar-refractivity contribution in [1.29, 1.82) is 0 Å². The predicted molar refractivity (Wildman–Crippen MR) is 44.1 cm³/mol. The first kappa shape index (κ1) is 7.57. The number of amides is 1. The average Bonchev–Trinajstić information content (AvgIpc) is 2.04. The molecule has 1 aliphatic rings. The lowest BCUT2D eigenvalue weighted by molar-refractivity contribution is -0.114. The maximum atomic E-state index is 11.3.